The molecule has 7 nitrogen and oxygen atoms in total. The highest BCUT2D eigenvalue weighted by Crippen LogP contribution is 2.20. The zero-order chi connectivity index (χ0) is 20.2. The molecule has 1 atom stereocenters. The van der Waals surface area contributed by atoms with Crippen molar-refractivity contribution in [3.63, 3.8) is 0 Å². The lowest BCUT2D eigenvalue weighted by Crippen LogP contribution is -2.41. The van der Waals surface area contributed by atoms with Crippen LogP contribution in [-0.2, 0) is 6.54 Å². The van der Waals surface area contributed by atoms with Gasteiger partial charge in [-0.1, -0.05) is 17.3 Å². The number of hydrogen-bond donors (Lipinski definition) is 1. The number of piperidine rings is 1. The summed E-state index contributed by atoms with van der Waals surface area (Å²) in [7, 11) is 0. The summed E-state index contributed by atoms with van der Waals surface area (Å²) in [6.45, 7) is 7.32. The van der Waals surface area contributed by atoms with Crippen molar-refractivity contribution in [2.75, 3.05) is 19.6 Å². The van der Waals surface area contributed by atoms with E-state index in [1.54, 1.807) is 13.0 Å². The van der Waals surface area contributed by atoms with E-state index in [-0.39, 0.29) is 5.91 Å². The summed E-state index contributed by atoms with van der Waals surface area (Å²) >= 11 is 0. The number of nitrogens with zero attached hydrogens (tertiary/aromatic N) is 4. The third-order valence-electron chi connectivity index (χ3n) is 5.38. The third kappa shape index (κ3) is 4.74. The third-order valence-corrected chi connectivity index (χ3v) is 5.38. The molecule has 1 saturated heterocycles. The second kappa shape index (κ2) is 8.61. The lowest BCUT2D eigenvalue weighted by Gasteiger charge is -2.32. The monoisotopic (exact) mass is 393 g/mol. The van der Waals surface area contributed by atoms with Gasteiger partial charge in [-0.2, -0.15) is 0 Å². The SMILES string of the molecule is Cc1cccc(-n2ccnc2CN2CCCC(CNC(=O)c3cc(C)on3)C2)c1. The van der Waals surface area contributed by atoms with Crippen LogP contribution < -0.4 is 5.32 Å². The number of amides is 1. The van der Waals surface area contributed by atoms with Crippen molar-refractivity contribution in [2.45, 2.75) is 33.2 Å². The van der Waals surface area contributed by atoms with Gasteiger partial charge < -0.3 is 14.4 Å². The summed E-state index contributed by atoms with van der Waals surface area (Å²) in [5, 5.41) is 6.78. The highest BCUT2D eigenvalue weighted by atomic mass is 16.5. The van der Waals surface area contributed by atoms with Gasteiger partial charge in [0.1, 0.15) is 11.6 Å². The molecule has 29 heavy (non-hydrogen) atoms. The molecule has 152 valence electrons. The maximum absolute atomic E-state index is 12.2. The van der Waals surface area contributed by atoms with Gasteiger partial charge in [0.05, 0.1) is 6.54 Å². The molecule has 0 spiro atoms. The van der Waals surface area contributed by atoms with Crippen molar-refractivity contribution in [1.82, 2.24) is 24.9 Å². The van der Waals surface area contributed by atoms with Gasteiger partial charge in [-0.05, 0) is 56.8 Å². The van der Waals surface area contributed by atoms with Gasteiger partial charge in [0.25, 0.3) is 5.91 Å². The Morgan fingerprint density at radius 1 is 1.31 bits per heavy atom. The number of carbonyl (C=O) groups excluding carboxylic acids is 1. The minimum Gasteiger partial charge on any atom is -0.361 e. The molecule has 1 N–H and O–H groups in total. The molecule has 0 saturated carbocycles. The molecular weight excluding hydrogens is 366 g/mol. The molecule has 7 heteroatoms. The topological polar surface area (TPSA) is 76.2 Å². The van der Waals surface area contributed by atoms with E-state index in [9.17, 15) is 4.79 Å². The Hall–Kier alpha value is -2.93. The van der Waals surface area contributed by atoms with Gasteiger partial charge >= 0.3 is 0 Å². The zero-order valence-corrected chi connectivity index (χ0v) is 17.0. The summed E-state index contributed by atoms with van der Waals surface area (Å²) in [4.78, 5) is 19.2. The molecular formula is C22H27N5O2. The van der Waals surface area contributed by atoms with Crippen LogP contribution in [0.15, 0.2) is 47.2 Å². The molecule has 0 bridgehead atoms. The van der Waals surface area contributed by atoms with Crippen LogP contribution in [0.3, 0.4) is 0 Å². The lowest BCUT2D eigenvalue weighted by atomic mass is 9.98. The highest BCUT2D eigenvalue weighted by Gasteiger charge is 2.22. The largest absolute Gasteiger partial charge is 0.361 e. The molecule has 3 heterocycles. The van der Waals surface area contributed by atoms with Gasteiger partial charge in [-0.3, -0.25) is 9.69 Å². The number of likely N-dealkylation sites (tertiary alicyclic amines) is 1. The number of imidazole rings is 1. The van der Waals surface area contributed by atoms with Crippen molar-refractivity contribution in [3.8, 4) is 5.69 Å². The number of aromatic nitrogens is 3. The van der Waals surface area contributed by atoms with Crippen LogP contribution in [0.5, 0.6) is 0 Å². The summed E-state index contributed by atoms with van der Waals surface area (Å²) in [6, 6.07) is 10.1. The average molecular weight is 393 g/mol. The first kappa shape index (κ1) is 19.4. The van der Waals surface area contributed by atoms with E-state index in [1.807, 2.05) is 12.4 Å². The number of aryl methyl sites for hydroxylation is 2. The van der Waals surface area contributed by atoms with Gasteiger partial charge in [0.2, 0.25) is 0 Å². The maximum atomic E-state index is 12.2. The second-order valence-corrected chi connectivity index (χ2v) is 7.83. The summed E-state index contributed by atoms with van der Waals surface area (Å²) in [5.74, 6) is 1.93. The molecule has 1 aromatic carbocycles. The van der Waals surface area contributed by atoms with Crippen molar-refractivity contribution in [1.29, 1.82) is 0 Å². The Bertz CT molecular complexity index is 977. The van der Waals surface area contributed by atoms with Crippen LogP contribution in [0.25, 0.3) is 5.69 Å². The lowest BCUT2D eigenvalue weighted by molar-refractivity contribution is 0.0920. The van der Waals surface area contributed by atoms with Gasteiger partial charge in [0, 0.05) is 37.2 Å². The average Bonchev–Trinajstić information content (AvgIpc) is 3.35. The second-order valence-electron chi connectivity index (χ2n) is 7.83. The molecule has 0 radical (unpaired) electrons. The molecule has 1 unspecified atom stereocenters. The molecule has 4 rings (SSSR count). The van der Waals surface area contributed by atoms with E-state index < -0.39 is 0 Å². The number of rotatable bonds is 6. The molecule has 3 aromatic rings. The standard InChI is InChI=1S/C22H27N5O2/c1-16-5-3-7-19(11-16)27-10-8-23-21(27)15-26-9-4-6-18(14-26)13-24-22(28)20-12-17(2)29-25-20/h3,5,7-8,10-12,18H,4,6,9,13-15H2,1-2H3,(H,24,28). The Morgan fingerprint density at radius 2 is 2.21 bits per heavy atom. The van der Waals surface area contributed by atoms with Crippen molar-refractivity contribution in [2.24, 2.45) is 5.92 Å². The van der Waals surface area contributed by atoms with E-state index in [0.29, 0.717) is 23.9 Å². The van der Waals surface area contributed by atoms with E-state index in [2.05, 4.69) is 56.1 Å². The first-order valence-electron chi connectivity index (χ1n) is 10.1. The predicted molar refractivity (Wildman–Crippen MR) is 110 cm³/mol. The van der Waals surface area contributed by atoms with Crippen molar-refractivity contribution >= 4 is 5.91 Å². The molecule has 1 fully saturated rings. The Kier molecular flexibility index (Phi) is 5.76. The van der Waals surface area contributed by atoms with Crippen LogP contribution in [0.4, 0.5) is 0 Å². The molecule has 1 amide bonds. The first-order valence-corrected chi connectivity index (χ1v) is 10.1. The van der Waals surface area contributed by atoms with Crippen molar-refractivity contribution in [3.05, 3.63) is 65.6 Å². The number of hydrogen-bond acceptors (Lipinski definition) is 5. The van der Waals surface area contributed by atoms with Crippen molar-refractivity contribution < 1.29 is 9.32 Å². The minimum absolute atomic E-state index is 0.172. The summed E-state index contributed by atoms with van der Waals surface area (Å²) in [5.41, 5.74) is 2.72. The van der Waals surface area contributed by atoms with Gasteiger partial charge in [0.15, 0.2) is 5.69 Å². The van der Waals surface area contributed by atoms with E-state index in [0.717, 1.165) is 44.0 Å². The molecule has 1 aliphatic heterocycles. The minimum atomic E-state index is -0.172. The number of benzene rings is 1. The van der Waals surface area contributed by atoms with Crippen LogP contribution in [0.1, 0.15) is 40.5 Å². The molecule has 1 aliphatic rings. The van der Waals surface area contributed by atoms with Crippen LogP contribution in [0.2, 0.25) is 0 Å². The molecule has 2 aromatic heterocycles. The quantitative estimate of drug-likeness (QED) is 0.696. The predicted octanol–water partition coefficient (Wildman–Crippen LogP) is 3.12. The fraction of sp³-hybridized carbons (Fsp3) is 0.409. The fourth-order valence-corrected chi connectivity index (χ4v) is 3.93. The van der Waals surface area contributed by atoms with E-state index >= 15 is 0 Å². The zero-order valence-electron chi connectivity index (χ0n) is 17.0. The summed E-state index contributed by atoms with van der Waals surface area (Å²) in [6.07, 6.45) is 6.11. The van der Waals surface area contributed by atoms with E-state index in [4.69, 9.17) is 4.52 Å². The normalized spacial score (nSPS) is 17.4. The van der Waals surface area contributed by atoms with Crippen LogP contribution in [-0.4, -0.2) is 45.1 Å². The number of carbonyl (C=O) groups is 1. The van der Waals surface area contributed by atoms with Crippen LogP contribution in [0, 0.1) is 19.8 Å². The molecule has 0 aliphatic carbocycles. The van der Waals surface area contributed by atoms with Gasteiger partial charge in [-0.25, -0.2) is 4.98 Å². The first-order chi connectivity index (χ1) is 14.1. The van der Waals surface area contributed by atoms with Gasteiger partial charge in [-0.15, -0.1) is 0 Å². The smallest absolute Gasteiger partial charge is 0.273 e. The highest BCUT2D eigenvalue weighted by molar-refractivity contribution is 5.92. The van der Waals surface area contributed by atoms with Crippen LogP contribution >= 0.6 is 0 Å². The Labute approximate surface area is 170 Å². The van der Waals surface area contributed by atoms with E-state index in [1.165, 1.54) is 5.56 Å². The Balaban J connectivity index is 1.35. The number of nitrogens with one attached hydrogen (secondary N) is 1. The Morgan fingerprint density at radius 3 is 3.00 bits per heavy atom. The fourth-order valence-electron chi connectivity index (χ4n) is 3.93. The maximum Gasteiger partial charge on any atom is 0.273 e. The summed E-state index contributed by atoms with van der Waals surface area (Å²) < 4.78 is 7.14.